The van der Waals surface area contributed by atoms with Gasteiger partial charge in [0.2, 0.25) is 0 Å². The van der Waals surface area contributed by atoms with Crippen LogP contribution in [0.15, 0.2) is 99.1 Å². The molecule has 0 saturated heterocycles. The summed E-state index contributed by atoms with van der Waals surface area (Å²) in [5.41, 5.74) is 0.888. The fourth-order valence-electron chi connectivity index (χ4n) is 3.71. The van der Waals surface area contributed by atoms with Crippen molar-refractivity contribution in [3.63, 3.8) is 0 Å². The molecule has 1 amide bonds. The molecule has 0 aliphatic rings. The molecular formula is C30H28N2O8. The summed E-state index contributed by atoms with van der Waals surface area (Å²) < 4.78 is 27.7. The molecule has 40 heavy (non-hydrogen) atoms. The average molecular weight is 545 g/mol. The molecule has 0 spiro atoms. The molecule has 0 unspecified atom stereocenters. The third-order valence-corrected chi connectivity index (χ3v) is 5.75. The number of benzene rings is 2. The summed E-state index contributed by atoms with van der Waals surface area (Å²) in [7, 11) is 1.34. The van der Waals surface area contributed by atoms with Gasteiger partial charge in [0.25, 0.3) is 5.91 Å². The number of nitrogens with one attached hydrogen (secondary N) is 1. The Balaban J connectivity index is 1.65. The maximum absolute atomic E-state index is 13.0. The molecule has 10 heteroatoms. The molecule has 0 radical (unpaired) electrons. The van der Waals surface area contributed by atoms with Gasteiger partial charge in [-0.2, -0.15) is 0 Å². The van der Waals surface area contributed by atoms with Crippen LogP contribution >= 0.6 is 0 Å². The van der Waals surface area contributed by atoms with E-state index in [0.29, 0.717) is 18.6 Å². The minimum Gasteiger partial charge on any atom is -0.503 e. The number of nitrogens with zero attached hydrogens (tertiary/aromatic N) is 1. The fourth-order valence-corrected chi connectivity index (χ4v) is 3.71. The number of amides is 1. The Morgan fingerprint density at radius 1 is 0.975 bits per heavy atom. The van der Waals surface area contributed by atoms with E-state index in [0.717, 1.165) is 17.4 Å². The molecule has 0 saturated carbocycles. The highest BCUT2D eigenvalue weighted by Gasteiger charge is 2.19. The van der Waals surface area contributed by atoms with Gasteiger partial charge in [0.15, 0.2) is 35.4 Å². The third-order valence-electron chi connectivity index (χ3n) is 5.75. The lowest BCUT2D eigenvalue weighted by molar-refractivity contribution is 0.00360. The SMILES string of the molecule is COc1ccnc(C(=O)Nc2cocc(OCOCc3ccccc3)c(Cc3ccccc3)c(C)oc2=O)c1O. The van der Waals surface area contributed by atoms with E-state index >= 15 is 0 Å². The van der Waals surface area contributed by atoms with Crippen molar-refractivity contribution in [1.82, 2.24) is 4.98 Å². The van der Waals surface area contributed by atoms with Gasteiger partial charge in [0.1, 0.15) is 18.3 Å². The van der Waals surface area contributed by atoms with Crippen molar-refractivity contribution >= 4 is 11.6 Å². The lowest BCUT2D eigenvalue weighted by atomic mass is 10.0. The van der Waals surface area contributed by atoms with Gasteiger partial charge >= 0.3 is 5.63 Å². The first-order valence-electron chi connectivity index (χ1n) is 12.3. The molecule has 2 aromatic heterocycles. The van der Waals surface area contributed by atoms with Crippen LogP contribution in [0, 0.1) is 6.92 Å². The second-order valence-corrected chi connectivity index (χ2v) is 8.50. The summed E-state index contributed by atoms with van der Waals surface area (Å²) in [5, 5.41) is 12.6. The van der Waals surface area contributed by atoms with Crippen LogP contribution in [-0.2, 0) is 17.8 Å². The number of hydrogen-bond donors (Lipinski definition) is 2. The van der Waals surface area contributed by atoms with E-state index in [-0.39, 0.29) is 35.4 Å². The van der Waals surface area contributed by atoms with Gasteiger partial charge in [-0.25, -0.2) is 9.78 Å². The highest BCUT2D eigenvalue weighted by Crippen LogP contribution is 2.28. The Morgan fingerprint density at radius 3 is 2.38 bits per heavy atom. The van der Waals surface area contributed by atoms with E-state index in [1.165, 1.54) is 25.6 Å². The summed E-state index contributed by atoms with van der Waals surface area (Å²) in [6, 6.07) is 20.6. The number of carbonyl (C=O) groups is 1. The number of carbonyl (C=O) groups excluding carboxylic acids is 1. The van der Waals surface area contributed by atoms with E-state index in [1.807, 2.05) is 60.7 Å². The summed E-state index contributed by atoms with van der Waals surface area (Å²) in [4.78, 5) is 29.7. The Morgan fingerprint density at radius 2 is 1.68 bits per heavy atom. The van der Waals surface area contributed by atoms with Gasteiger partial charge in [0.05, 0.1) is 13.7 Å². The van der Waals surface area contributed by atoms with Gasteiger partial charge in [-0.3, -0.25) is 4.79 Å². The highest BCUT2D eigenvalue weighted by atomic mass is 16.7. The zero-order valence-corrected chi connectivity index (χ0v) is 22.0. The molecule has 10 nitrogen and oxygen atoms in total. The highest BCUT2D eigenvalue weighted by molar-refractivity contribution is 6.04. The van der Waals surface area contributed by atoms with Crippen molar-refractivity contribution in [2.45, 2.75) is 20.0 Å². The minimum absolute atomic E-state index is 0.0472. The van der Waals surface area contributed by atoms with Crippen LogP contribution in [0.1, 0.15) is 32.9 Å². The van der Waals surface area contributed by atoms with Crippen molar-refractivity contribution in [3.8, 4) is 17.2 Å². The van der Waals surface area contributed by atoms with Crippen molar-refractivity contribution in [2.75, 3.05) is 19.2 Å². The Hall–Kier alpha value is -5.09. The van der Waals surface area contributed by atoms with E-state index in [2.05, 4.69) is 10.3 Å². The van der Waals surface area contributed by atoms with E-state index in [1.54, 1.807) is 6.92 Å². The summed E-state index contributed by atoms with van der Waals surface area (Å²) in [6.07, 6.45) is 3.94. The normalized spacial score (nSPS) is 10.4. The molecule has 4 aromatic rings. The smallest absolute Gasteiger partial charge is 0.363 e. The number of anilines is 1. The van der Waals surface area contributed by atoms with E-state index < -0.39 is 17.3 Å². The zero-order valence-electron chi connectivity index (χ0n) is 22.0. The van der Waals surface area contributed by atoms with Crippen LogP contribution in [-0.4, -0.2) is 29.9 Å². The summed E-state index contributed by atoms with van der Waals surface area (Å²) in [6.45, 7) is 1.85. The quantitative estimate of drug-likeness (QED) is 0.205. The van der Waals surface area contributed by atoms with Crippen molar-refractivity contribution < 1.29 is 32.9 Å². The first-order valence-corrected chi connectivity index (χ1v) is 12.3. The molecule has 0 bridgehead atoms. The Bertz CT molecular complexity index is 1550. The number of aromatic hydroxyl groups is 1. The van der Waals surface area contributed by atoms with Crippen LogP contribution in [0.2, 0.25) is 0 Å². The number of rotatable bonds is 10. The lowest BCUT2D eigenvalue weighted by Crippen LogP contribution is -2.18. The molecule has 2 heterocycles. The predicted molar refractivity (Wildman–Crippen MR) is 146 cm³/mol. The topological polar surface area (TPSA) is 133 Å². The maximum atomic E-state index is 13.0. The van der Waals surface area contributed by atoms with E-state index in [4.69, 9.17) is 23.0 Å². The number of methoxy groups -OCH3 is 1. The van der Waals surface area contributed by atoms with Crippen LogP contribution in [0.25, 0.3) is 0 Å². The van der Waals surface area contributed by atoms with Crippen LogP contribution in [0.4, 0.5) is 5.69 Å². The minimum atomic E-state index is -0.895. The number of aryl methyl sites for hydroxylation is 1. The number of aromatic nitrogens is 1. The van der Waals surface area contributed by atoms with E-state index in [9.17, 15) is 14.7 Å². The largest absolute Gasteiger partial charge is 0.503 e. The Kier molecular flexibility index (Phi) is 9.52. The number of pyridine rings is 1. The van der Waals surface area contributed by atoms with Gasteiger partial charge in [0, 0.05) is 24.2 Å². The molecule has 0 aliphatic heterocycles. The second kappa shape index (κ2) is 13.6. The van der Waals surface area contributed by atoms with Crippen molar-refractivity contribution in [2.24, 2.45) is 0 Å². The molecule has 0 fully saturated rings. The maximum Gasteiger partial charge on any atom is 0.363 e. The van der Waals surface area contributed by atoms with Gasteiger partial charge in [-0.1, -0.05) is 60.7 Å². The summed E-state index contributed by atoms with van der Waals surface area (Å²) >= 11 is 0. The van der Waals surface area contributed by atoms with Gasteiger partial charge in [-0.05, 0) is 18.1 Å². The van der Waals surface area contributed by atoms with Crippen LogP contribution in [0.5, 0.6) is 17.2 Å². The molecule has 4 rings (SSSR count). The first-order chi connectivity index (χ1) is 19.5. The molecule has 0 aliphatic carbocycles. The number of hydrogen-bond acceptors (Lipinski definition) is 9. The molecule has 2 aromatic carbocycles. The van der Waals surface area contributed by atoms with Gasteiger partial charge in [-0.15, -0.1) is 0 Å². The van der Waals surface area contributed by atoms with Crippen LogP contribution in [0.3, 0.4) is 0 Å². The Labute approximate surface area is 230 Å². The van der Waals surface area contributed by atoms with Crippen LogP contribution < -0.4 is 20.4 Å². The van der Waals surface area contributed by atoms with Crippen molar-refractivity contribution in [3.05, 3.63) is 124 Å². The van der Waals surface area contributed by atoms with Gasteiger partial charge < -0.3 is 33.5 Å². The predicted octanol–water partition coefficient (Wildman–Crippen LogP) is 5.17. The monoisotopic (exact) mass is 544 g/mol. The number of ether oxygens (including phenoxy) is 3. The lowest BCUT2D eigenvalue weighted by Gasteiger charge is -2.11. The average Bonchev–Trinajstić information content (AvgIpc) is 3.02. The molecule has 2 N–H and O–H groups in total. The molecular weight excluding hydrogens is 516 g/mol. The first kappa shape index (κ1) is 27.9. The zero-order chi connectivity index (χ0) is 28.3. The summed E-state index contributed by atoms with van der Waals surface area (Å²) in [5.74, 6) is -0.795. The standard InChI is InChI=1S/C30H28N2O8/c1-20-23(15-21-9-5-3-6-10-21)26(39-19-38-16-22-11-7-4-8-12-22)18-37-17-24(30(35)40-20)32-29(34)27-28(33)25(36-2)13-14-31-27/h3-14,17-18,33H,15-16,19H2,1-2H3,(H,32,34). The second-order valence-electron chi connectivity index (χ2n) is 8.50. The fraction of sp³-hybridized carbons (Fsp3) is 0.167. The molecule has 0 atom stereocenters. The third kappa shape index (κ3) is 7.27. The van der Waals surface area contributed by atoms with Crippen molar-refractivity contribution in [1.29, 1.82) is 0 Å². The molecule has 206 valence electrons.